The lowest BCUT2D eigenvalue weighted by Gasteiger charge is -2.50. The van der Waals surface area contributed by atoms with Gasteiger partial charge in [0.15, 0.2) is 0 Å². The third kappa shape index (κ3) is 2.46. The summed E-state index contributed by atoms with van der Waals surface area (Å²) in [5, 5.41) is 3.61. The van der Waals surface area contributed by atoms with Crippen molar-refractivity contribution in [2.45, 2.75) is 82.3 Å². The quantitative estimate of drug-likeness (QED) is 0.810. The smallest absolute Gasteiger partial charge is 0.0252 e. The number of nitrogens with one attached hydrogen (secondary N) is 1. The zero-order valence-corrected chi connectivity index (χ0v) is 12.0. The topological polar surface area (TPSA) is 15.3 Å². The Morgan fingerprint density at radius 2 is 1.44 bits per heavy atom. The fourth-order valence-electron chi connectivity index (χ4n) is 4.92. The van der Waals surface area contributed by atoms with Gasteiger partial charge in [0, 0.05) is 18.1 Å². The van der Waals surface area contributed by atoms with E-state index >= 15 is 0 Å². The van der Waals surface area contributed by atoms with Crippen molar-refractivity contribution < 1.29 is 0 Å². The van der Waals surface area contributed by atoms with Crippen molar-refractivity contribution in [1.82, 2.24) is 10.2 Å². The fourth-order valence-corrected chi connectivity index (χ4v) is 4.92. The minimum Gasteiger partial charge on any atom is -0.315 e. The Kier molecular flexibility index (Phi) is 4.25. The molecule has 0 amide bonds. The molecule has 2 nitrogen and oxygen atoms in total. The molecule has 0 aromatic heterocycles. The molecular weight excluding hydrogens is 220 g/mol. The molecule has 1 saturated heterocycles. The Balaban J connectivity index is 1.72. The summed E-state index contributed by atoms with van der Waals surface area (Å²) in [6.45, 7) is 1.38. The van der Waals surface area contributed by atoms with Crippen LogP contribution in [0.15, 0.2) is 0 Å². The van der Waals surface area contributed by atoms with Crippen LogP contribution in [0.1, 0.15) is 64.2 Å². The van der Waals surface area contributed by atoms with Crippen LogP contribution >= 0.6 is 0 Å². The van der Waals surface area contributed by atoms with Gasteiger partial charge in [-0.2, -0.15) is 0 Å². The Morgan fingerprint density at radius 3 is 2.28 bits per heavy atom. The molecule has 1 aliphatic heterocycles. The Morgan fingerprint density at radius 1 is 0.778 bits per heavy atom. The van der Waals surface area contributed by atoms with Gasteiger partial charge in [-0.15, -0.1) is 0 Å². The fraction of sp³-hybridized carbons (Fsp3) is 1.00. The Bertz CT molecular complexity index is 264. The van der Waals surface area contributed by atoms with E-state index in [0.717, 1.165) is 24.0 Å². The second-order valence-electron chi connectivity index (χ2n) is 6.74. The van der Waals surface area contributed by atoms with E-state index in [-0.39, 0.29) is 0 Å². The monoisotopic (exact) mass is 250 g/mol. The third-order valence-corrected chi connectivity index (χ3v) is 5.81. The van der Waals surface area contributed by atoms with E-state index < -0.39 is 0 Å². The summed E-state index contributed by atoms with van der Waals surface area (Å²) in [5.74, 6) is 1.03. The van der Waals surface area contributed by atoms with Crippen molar-refractivity contribution in [3.05, 3.63) is 0 Å². The van der Waals surface area contributed by atoms with Crippen LogP contribution in [0, 0.1) is 5.92 Å². The van der Waals surface area contributed by atoms with Gasteiger partial charge < -0.3 is 5.32 Å². The van der Waals surface area contributed by atoms with Crippen molar-refractivity contribution in [1.29, 1.82) is 0 Å². The van der Waals surface area contributed by atoms with E-state index in [1.54, 1.807) is 0 Å². The highest BCUT2D eigenvalue weighted by Crippen LogP contribution is 2.38. The highest BCUT2D eigenvalue weighted by atomic mass is 15.2. The van der Waals surface area contributed by atoms with E-state index in [1.165, 1.54) is 70.8 Å². The first-order valence-electron chi connectivity index (χ1n) is 8.33. The van der Waals surface area contributed by atoms with Gasteiger partial charge in [0.05, 0.1) is 0 Å². The van der Waals surface area contributed by atoms with E-state index in [0.29, 0.717) is 0 Å². The number of fused-ring (bicyclic) bond motifs is 1. The predicted octanol–water partition coefficient (Wildman–Crippen LogP) is 3.17. The molecule has 3 fully saturated rings. The first kappa shape index (κ1) is 12.9. The maximum atomic E-state index is 3.61. The van der Waals surface area contributed by atoms with E-state index in [2.05, 4.69) is 17.3 Å². The number of hydrogen-bond donors (Lipinski definition) is 1. The summed E-state index contributed by atoms with van der Waals surface area (Å²) in [6, 6.07) is 2.54. The van der Waals surface area contributed by atoms with Gasteiger partial charge in [-0.05, 0) is 58.0 Å². The largest absolute Gasteiger partial charge is 0.315 e. The normalized spacial score (nSPS) is 42.5. The molecule has 0 aromatic carbocycles. The molecule has 3 rings (SSSR count). The average Bonchev–Trinajstić information content (AvgIpc) is 2.46. The molecule has 0 aromatic rings. The van der Waals surface area contributed by atoms with Crippen LogP contribution in [0.4, 0.5) is 0 Å². The van der Waals surface area contributed by atoms with E-state index in [1.807, 2.05) is 0 Å². The van der Waals surface area contributed by atoms with Crippen molar-refractivity contribution in [3.8, 4) is 0 Å². The van der Waals surface area contributed by atoms with E-state index in [9.17, 15) is 0 Å². The molecule has 0 radical (unpaired) electrons. The number of likely N-dealkylation sites (tertiary alicyclic amines) is 1. The number of rotatable bonds is 2. The molecule has 2 unspecified atom stereocenters. The van der Waals surface area contributed by atoms with Crippen LogP contribution in [0.2, 0.25) is 0 Å². The van der Waals surface area contributed by atoms with Gasteiger partial charge >= 0.3 is 0 Å². The van der Waals surface area contributed by atoms with Crippen LogP contribution in [0.3, 0.4) is 0 Å². The SMILES string of the molecule is CNC1CCCCC1N1CCC[C@H]2CCCC[C@H]21. The molecule has 2 heteroatoms. The van der Waals surface area contributed by atoms with Crippen LogP contribution in [0.25, 0.3) is 0 Å². The summed E-state index contributed by atoms with van der Waals surface area (Å²) >= 11 is 0. The van der Waals surface area contributed by atoms with Crippen LogP contribution in [0.5, 0.6) is 0 Å². The van der Waals surface area contributed by atoms with Gasteiger partial charge in [0.25, 0.3) is 0 Å². The summed E-state index contributed by atoms with van der Waals surface area (Å²) in [4.78, 5) is 2.94. The zero-order chi connectivity index (χ0) is 12.4. The third-order valence-electron chi connectivity index (χ3n) is 5.81. The maximum Gasteiger partial charge on any atom is 0.0252 e. The molecule has 104 valence electrons. The standard InChI is InChI=1S/C16H30N2/c1-17-14-9-3-5-11-16(14)18-12-6-8-13-7-2-4-10-15(13)18/h13-17H,2-12H2,1H3/t13-,14?,15-,16?/m1/s1. The molecule has 1 N–H and O–H groups in total. The molecule has 2 saturated carbocycles. The second kappa shape index (κ2) is 5.92. The average molecular weight is 250 g/mol. The number of likely N-dealkylation sites (N-methyl/N-ethyl adjacent to an activating group) is 1. The minimum atomic E-state index is 0.763. The zero-order valence-electron chi connectivity index (χ0n) is 12.0. The molecular formula is C16H30N2. The van der Waals surface area contributed by atoms with Gasteiger partial charge in [-0.25, -0.2) is 0 Å². The molecule has 3 aliphatic rings. The predicted molar refractivity (Wildman–Crippen MR) is 76.8 cm³/mol. The first-order chi connectivity index (χ1) is 8.90. The summed E-state index contributed by atoms with van der Waals surface area (Å²) in [5.41, 5.74) is 0. The molecule has 4 atom stereocenters. The van der Waals surface area contributed by atoms with Gasteiger partial charge in [0.2, 0.25) is 0 Å². The van der Waals surface area contributed by atoms with Crippen molar-refractivity contribution in [2.75, 3.05) is 13.6 Å². The number of nitrogens with zero attached hydrogens (tertiary/aromatic N) is 1. The maximum absolute atomic E-state index is 3.61. The molecule has 18 heavy (non-hydrogen) atoms. The number of piperidine rings is 1. The van der Waals surface area contributed by atoms with Crippen LogP contribution < -0.4 is 5.32 Å². The summed E-state index contributed by atoms with van der Waals surface area (Å²) < 4.78 is 0. The lowest BCUT2D eigenvalue weighted by molar-refractivity contribution is 0.00154. The van der Waals surface area contributed by atoms with E-state index in [4.69, 9.17) is 0 Å². The first-order valence-corrected chi connectivity index (χ1v) is 8.33. The highest BCUT2D eigenvalue weighted by Gasteiger charge is 2.39. The van der Waals surface area contributed by atoms with Crippen molar-refractivity contribution in [2.24, 2.45) is 5.92 Å². The lowest BCUT2D eigenvalue weighted by Crippen LogP contribution is -2.58. The molecule has 1 heterocycles. The highest BCUT2D eigenvalue weighted by molar-refractivity contribution is 4.95. The second-order valence-corrected chi connectivity index (χ2v) is 6.74. The Labute approximate surface area is 113 Å². The molecule has 2 aliphatic carbocycles. The van der Waals surface area contributed by atoms with Gasteiger partial charge in [0.1, 0.15) is 0 Å². The van der Waals surface area contributed by atoms with Crippen molar-refractivity contribution >= 4 is 0 Å². The van der Waals surface area contributed by atoms with Crippen LogP contribution in [-0.4, -0.2) is 36.6 Å². The van der Waals surface area contributed by atoms with Crippen LogP contribution in [-0.2, 0) is 0 Å². The summed E-state index contributed by atoms with van der Waals surface area (Å²) in [7, 11) is 2.17. The minimum absolute atomic E-state index is 0.763. The molecule has 0 spiro atoms. The summed E-state index contributed by atoms with van der Waals surface area (Å²) in [6.07, 6.45) is 14.7. The number of hydrogen-bond acceptors (Lipinski definition) is 2. The van der Waals surface area contributed by atoms with Gasteiger partial charge in [-0.3, -0.25) is 4.90 Å². The van der Waals surface area contributed by atoms with Gasteiger partial charge in [-0.1, -0.05) is 25.7 Å². The lowest BCUT2D eigenvalue weighted by atomic mass is 9.76. The molecule has 0 bridgehead atoms. The Hall–Kier alpha value is -0.0800. The van der Waals surface area contributed by atoms with Crippen molar-refractivity contribution in [3.63, 3.8) is 0 Å².